The van der Waals surface area contributed by atoms with Crippen LogP contribution < -0.4 is 11.1 Å². The second-order valence-electron chi connectivity index (χ2n) is 10.5. The second kappa shape index (κ2) is 15.2. The Balaban J connectivity index is 0.000000131. The van der Waals surface area contributed by atoms with E-state index in [0.29, 0.717) is 26.4 Å². The normalized spacial score (nSPS) is 14.9. The smallest absolute Gasteiger partial charge is 0.184 e. The summed E-state index contributed by atoms with van der Waals surface area (Å²) in [5, 5.41) is 8.28. The zero-order valence-electron chi connectivity index (χ0n) is 24.8. The molecular weight excluding hydrogens is 628 g/mol. The summed E-state index contributed by atoms with van der Waals surface area (Å²) in [6.45, 7) is 2.70. The van der Waals surface area contributed by atoms with Gasteiger partial charge in [0.05, 0.1) is 26.4 Å². The van der Waals surface area contributed by atoms with Crippen molar-refractivity contribution in [2.45, 2.75) is 12.6 Å². The molecule has 7 heteroatoms. The van der Waals surface area contributed by atoms with E-state index in [9.17, 15) is 0 Å². The number of benzene rings is 6. The number of nitrogen functional groups attached to an aromatic ring is 1. The molecule has 6 aromatic rings. The van der Waals surface area contributed by atoms with Gasteiger partial charge in [-0.05, 0) is 47.2 Å². The van der Waals surface area contributed by atoms with Gasteiger partial charge in [-0.2, -0.15) is 0 Å². The van der Waals surface area contributed by atoms with Crippen molar-refractivity contribution < 1.29 is 18.9 Å². The van der Waals surface area contributed by atoms with Gasteiger partial charge in [0.1, 0.15) is 0 Å². The highest BCUT2D eigenvalue weighted by atomic mass is 79.9. The third kappa shape index (κ3) is 8.08. The molecule has 0 aliphatic carbocycles. The highest BCUT2D eigenvalue weighted by molar-refractivity contribution is 9.10. The summed E-state index contributed by atoms with van der Waals surface area (Å²) >= 11 is 3.40. The molecule has 6 aromatic carbocycles. The molecule has 2 aliphatic rings. The second-order valence-corrected chi connectivity index (χ2v) is 11.5. The van der Waals surface area contributed by atoms with Crippen LogP contribution in [0.5, 0.6) is 0 Å². The lowest BCUT2D eigenvalue weighted by Gasteiger charge is -2.13. The molecule has 8 rings (SSSR count). The molecular formula is C38H35BrN2O4. The third-order valence-corrected chi connectivity index (χ3v) is 7.91. The van der Waals surface area contributed by atoms with Gasteiger partial charge < -0.3 is 30.0 Å². The lowest BCUT2D eigenvalue weighted by Crippen LogP contribution is -1.99. The highest BCUT2D eigenvalue weighted by Crippen LogP contribution is 2.30. The van der Waals surface area contributed by atoms with E-state index in [-0.39, 0.29) is 12.6 Å². The van der Waals surface area contributed by atoms with E-state index >= 15 is 0 Å². The van der Waals surface area contributed by atoms with Gasteiger partial charge in [0.2, 0.25) is 0 Å². The molecule has 3 N–H and O–H groups in total. The monoisotopic (exact) mass is 662 g/mol. The average molecular weight is 664 g/mol. The summed E-state index contributed by atoms with van der Waals surface area (Å²) in [7, 11) is 0. The predicted molar refractivity (Wildman–Crippen MR) is 185 cm³/mol. The van der Waals surface area contributed by atoms with Crippen molar-refractivity contribution in [3.63, 3.8) is 0 Å². The number of ether oxygens (including phenoxy) is 4. The Kier molecular flexibility index (Phi) is 10.4. The van der Waals surface area contributed by atoms with E-state index in [1.54, 1.807) is 0 Å². The molecule has 0 bridgehead atoms. The van der Waals surface area contributed by atoms with Crippen LogP contribution in [0.25, 0.3) is 21.5 Å². The Hall–Kier alpha value is -4.24. The molecule has 228 valence electrons. The summed E-state index contributed by atoms with van der Waals surface area (Å²) < 4.78 is 22.9. The average Bonchev–Trinajstić information content (AvgIpc) is 3.82. The quantitative estimate of drug-likeness (QED) is 0.183. The topological polar surface area (TPSA) is 75.0 Å². The van der Waals surface area contributed by atoms with E-state index in [4.69, 9.17) is 24.7 Å². The summed E-state index contributed by atoms with van der Waals surface area (Å²) in [5.74, 6) is 0. The fourth-order valence-electron chi connectivity index (χ4n) is 5.26. The molecule has 2 heterocycles. The van der Waals surface area contributed by atoms with E-state index in [1.807, 2.05) is 66.7 Å². The summed E-state index contributed by atoms with van der Waals surface area (Å²) in [6.07, 6.45) is -0.406. The van der Waals surface area contributed by atoms with Crippen molar-refractivity contribution >= 4 is 54.5 Å². The Morgan fingerprint density at radius 3 is 1.69 bits per heavy atom. The fraction of sp³-hybridized carbons (Fsp3) is 0.158. The molecule has 0 amide bonds. The first-order valence-corrected chi connectivity index (χ1v) is 15.7. The van der Waals surface area contributed by atoms with Crippen LogP contribution in [0.2, 0.25) is 0 Å². The van der Waals surface area contributed by atoms with E-state index in [0.717, 1.165) is 38.0 Å². The summed E-state index contributed by atoms with van der Waals surface area (Å²) in [5.41, 5.74) is 10.9. The van der Waals surface area contributed by atoms with Gasteiger partial charge in [0, 0.05) is 43.4 Å². The largest absolute Gasteiger partial charge is 0.398 e. The lowest BCUT2D eigenvalue weighted by molar-refractivity contribution is -0.0443. The molecule has 2 fully saturated rings. The highest BCUT2D eigenvalue weighted by Gasteiger charge is 2.19. The number of fused-ring (bicyclic) bond motifs is 2. The van der Waals surface area contributed by atoms with Gasteiger partial charge in [-0.25, -0.2) is 0 Å². The maximum atomic E-state index is 5.76. The number of nitrogens with two attached hydrogens (primary N) is 1. The number of nitrogens with one attached hydrogen (secondary N) is 1. The van der Waals surface area contributed by atoms with Crippen molar-refractivity contribution in [2.75, 3.05) is 37.5 Å². The molecule has 2 saturated heterocycles. The molecule has 0 unspecified atom stereocenters. The Labute approximate surface area is 271 Å². The first kappa shape index (κ1) is 30.8. The van der Waals surface area contributed by atoms with Crippen LogP contribution in [-0.2, 0) is 18.9 Å². The number of hydrogen-bond acceptors (Lipinski definition) is 6. The van der Waals surface area contributed by atoms with Crippen molar-refractivity contribution in [3.8, 4) is 0 Å². The minimum absolute atomic E-state index is 0.164. The third-order valence-electron chi connectivity index (χ3n) is 7.42. The SMILES string of the molecule is Brc1cccc(C2OCCO2)c1.Nc1cccc2ccccc12.c1cc(Nc2cccc3ccccc23)cc(C2OCCO2)c1. The van der Waals surface area contributed by atoms with Crippen LogP contribution in [-0.4, -0.2) is 26.4 Å². The maximum Gasteiger partial charge on any atom is 0.184 e. The van der Waals surface area contributed by atoms with Crippen LogP contribution in [0, 0.1) is 0 Å². The lowest BCUT2D eigenvalue weighted by atomic mass is 10.1. The summed E-state index contributed by atoms with van der Waals surface area (Å²) in [6, 6.07) is 44.9. The Morgan fingerprint density at radius 1 is 0.533 bits per heavy atom. The zero-order chi connectivity index (χ0) is 30.8. The van der Waals surface area contributed by atoms with E-state index < -0.39 is 0 Å². The molecule has 0 atom stereocenters. The van der Waals surface area contributed by atoms with Crippen LogP contribution in [0.15, 0.2) is 138 Å². The van der Waals surface area contributed by atoms with Gasteiger partial charge in [-0.3, -0.25) is 0 Å². The predicted octanol–water partition coefficient (Wildman–Crippen LogP) is 9.55. The standard InChI is InChI=1S/C19H17NO2.C10H9N.C9H9BrO2/c1-2-9-17-14(5-1)6-4-10-18(17)20-16-8-3-7-15(13-16)19-21-11-12-22-19;11-10-7-3-5-8-4-1-2-6-9(8)10;10-8-3-1-2-7(6-8)9-11-4-5-12-9/h1-10,13,19-20H,11-12H2;1-7H,11H2;1-3,6,9H,4-5H2. The number of rotatable bonds is 4. The minimum atomic E-state index is -0.241. The Bertz CT molecular complexity index is 1840. The molecule has 2 aliphatic heterocycles. The van der Waals surface area contributed by atoms with Gasteiger partial charge in [0.25, 0.3) is 0 Å². The van der Waals surface area contributed by atoms with Crippen LogP contribution in [0.3, 0.4) is 0 Å². The minimum Gasteiger partial charge on any atom is -0.398 e. The molecule has 0 spiro atoms. The van der Waals surface area contributed by atoms with Crippen molar-refractivity contribution in [3.05, 3.63) is 149 Å². The van der Waals surface area contributed by atoms with Gasteiger partial charge in [-0.15, -0.1) is 0 Å². The van der Waals surface area contributed by atoms with Crippen LogP contribution in [0.4, 0.5) is 17.1 Å². The maximum absolute atomic E-state index is 5.76. The van der Waals surface area contributed by atoms with Crippen LogP contribution >= 0.6 is 15.9 Å². The first-order valence-electron chi connectivity index (χ1n) is 14.9. The Morgan fingerprint density at radius 2 is 1.04 bits per heavy atom. The van der Waals surface area contributed by atoms with E-state index in [1.165, 1.54) is 16.2 Å². The van der Waals surface area contributed by atoms with Crippen molar-refractivity contribution in [2.24, 2.45) is 0 Å². The molecule has 0 saturated carbocycles. The number of halogens is 1. The van der Waals surface area contributed by atoms with Crippen molar-refractivity contribution in [1.82, 2.24) is 0 Å². The molecule has 6 nitrogen and oxygen atoms in total. The molecule has 0 aromatic heterocycles. The van der Waals surface area contributed by atoms with Crippen molar-refractivity contribution in [1.29, 1.82) is 0 Å². The number of hydrogen-bond donors (Lipinski definition) is 2. The number of anilines is 3. The molecule has 45 heavy (non-hydrogen) atoms. The van der Waals surface area contributed by atoms with Gasteiger partial charge in [0.15, 0.2) is 12.6 Å². The fourth-order valence-corrected chi connectivity index (χ4v) is 5.68. The van der Waals surface area contributed by atoms with Gasteiger partial charge in [-0.1, -0.05) is 113 Å². The summed E-state index contributed by atoms with van der Waals surface area (Å²) in [4.78, 5) is 0. The van der Waals surface area contributed by atoms with Crippen LogP contribution in [0.1, 0.15) is 23.7 Å². The van der Waals surface area contributed by atoms with E-state index in [2.05, 4.69) is 88.0 Å². The van der Waals surface area contributed by atoms with Gasteiger partial charge >= 0.3 is 0 Å². The molecule has 0 radical (unpaired) electrons. The zero-order valence-corrected chi connectivity index (χ0v) is 26.4. The first-order chi connectivity index (χ1) is 22.1.